The molecule has 2 N–H and O–H groups in total. The molecule has 1 aromatic heterocycles. The van der Waals surface area contributed by atoms with Gasteiger partial charge in [-0.3, -0.25) is 0 Å². The van der Waals surface area contributed by atoms with Crippen molar-refractivity contribution in [2.24, 2.45) is 11.8 Å². The van der Waals surface area contributed by atoms with Crippen LogP contribution in [0.3, 0.4) is 0 Å². The first-order valence-corrected chi connectivity index (χ1v) is 6.63. The minimum atomic E-state index is 0.268. The molecule has 0 atom stereocenters. The van der Waals surface area contributed by atoms with E-state index in [-0.39, 0.29) is 5.95 Å². The van der Waals surface area contributed by atoms with Gasteiger partial charge >= 0.3 is 0 Å². The van der Waals surface area contributed by atoms with E-state index in [4.69, 9.17) is 17.3 Å². The maximum Gasteiger partial charge on any atom is 0.223 e. The van der Waals surface area contributed by atoms with Crippen molar-refractivity contribution < 1.29 is 0 Å². The van der Waals surface area contributed by atoms with Crippen molar-refractivity contribution in [3.8, 4) is 0 Å². The Morgan fingerprint density at radius 3 is 2.24 bits per heavy atom. The van der Waals surface area contributed by atoms with Crippen LogP contribution in [-0.2, 0) is 0 Å². The van der Waals surface area contributed by atoms with E-state index >= 15 is 0 Å². The largest absolute Gasteiger partial charge is 0.368 e. The average molecular weight is 253 g/mol. The molecular weight excluding hydrogens is 236 g/mol. The number of aromatic nitrogens is 2. The number of anilines is 2. The first kappa shape index (κ1) is 11.1. The Labute approximate surface area is 106 Å². The summed E-state index contributed by atoms with van der Waals surface area (Å²) in [5.41, 5.74) is 5.66. The number of nitrogens with two attached hydrogens (primary N) is 1. The third kappa shape index (κ3) is 3.00. The van der Waals surface area contributed by atoms with Crippen LogP contribution in [0.25, 0.3) is 0 Å². The van der Waals surface area contributed by atoms with E-state index in [2.05, 4.69) is 14.9 Å². The third-order valence-electron chi connectivity index (χ3n) is 3.37. The molecule has 92 valence electrons. The maximum atomic E-state index is 5.94. The highest BCUT2D eigenvalue weighted by atomic mass is 35.5. The summed E-state index contributed by atoms with van der Waals surface area (Å²) >= 11 is 5.94. The second-order valence-corrected chi connectivity index (χ2v) is 5.59. The summed E-state index contributed by atoms with van der Waals surface area (Å²) in [5.74, 6) is 2.83. The van der Waals surface area contributed by atoms with Gasteiger partial charge in [-0.25, -0.2) is 4.98 Å². The van der Waals surface area contributed by atoms with E-state index in [1.807, 2.05) is 6.07 Å². The Kier molecular flexibility index (Phi) is 2.82. The van der Waals surface area contributed by atoms with Crippen molar-refractivity contribution in [2.75, 3.05) is 23.7 Å². The fourth-order valence-electron chi connectivity index (χ4n) is 2.07. The van der Waals surface area contributed by atoms with Crippen LogP contribution in [0.1, 0.15) is 25.7 Å². The Morgan fingerprint density at radius 2 is 1.76 bits per heavy atom. The van der Waals surface area contributed by atoms with Gasteiger partial charge in [0.15, 0.2) is 0 Å². The van der Waals surface area contributed by atoms with Gasteiger partial charge in [-0.05, 0) is 37.5 Å². The van der Waals surface area contributed by atoms with Crippen LogP contribution in [0.5, 0.6) is 0 Å². The monoisotopic (exact) mass is 252 g/mol. The standard InChI is InChI=1S/C12H17ClN4/c13-10-5-11(16-12(14)15-10)17(6-8-1-2-8)7-9-3-4-9/h5,8-9H,1-4,6-7H2,(H2,14,15,16). The van der Waals surface area contributed by atoms with Gasteiger partial charge in [0.25, 0.3) is 0 Å². The lowest BCUT2D eigenvalue weighted by atomic mass is 10.3. The molecule has 0 unspecified atom stereocenters. The molecule has 2 aliphatic carbocycles. The molecule has 0 amide bonds. The number of nitrogen functional groups attached to an aromatic ring is 1. The normalized spacial score (nSPS) is 19.4. The molecule has 0 saturated heterocycles. The highest BCUT2D eigenvalue weighted by Gasteiger charge is 2.30. The number of hydrogen-bond acceptors (Lipinski definition) is 4. The molecular formula is C12H17ClN4. The fraction of sp³-hybridized carbons (Fsp3) is 0.667. The zero-order chi connectivity index (χ0) is 11.8. The van der Waals surface area contributed by atoms with Crippen LogP contribution < -0.4 is 10.6 Å². The molecule has 0 aromatic carbocycles. The van der Waals surface area contributed by atoms with Gasteiger partial charge in [0.05, 0.1) is 0 Å². The number of halogens is 1. The Morgan fingerprint density at radius 1 is 1.18 bits per heavy atom. The molecule has 3 rings (SSSR count). The fourth-order valence-corrected chi connectivity index (χ4v) is 2.25. The first-order chi connectivity index (χ1) is 8.20. The van der Waals surface area contributed by atoms with Gasteiger partial charge < -0.3 is 10.6 Å². The molecule has 1 heterocycles. The highest BCUT2D eigenvalue weighted by molar-refractivity contribution is 6.29. The smallest absolute Gasteiger partial charge is 0.223 e. The van der Waals surface area contributed by atoms with Crippen LogP contribution in [-0.4, -0.2) is 23.1 Å². The molecule has 4 nitrogen and oxygen atoms in total. The topological polar surface area (TPSA) is 55.0 Å². The van der Waals surface area contributed by atoms with Crippen molar-refractivity contribution in [1.29, 1.82) is 0 Å². The summed E-state index contributed by atoms with van der Waals surface area (Å²) in [6.45, 7) is 2.17. The van der Waals surface area contributed by atoms with Crippen LogP contribution in [0, 0.1) is 11.8 Å². The first-order valence-electron chi connectivity index (χ1n) is 6.25. The molecule has 0 spiro atoms. The van der Waals surface area contributed by atoms with Crippen molar-refractivity contribution in [3.63, 3.8) is 0 Å². The van der Waals surface area contributed by atoms with E-state index in [1.165, 1.54) is 25.7 Å². The predicted octanol–water partition coefficient (Wildman–Crippen LogP) is 2.34. The minimum absolute atomic E-state index is 0.268. The van der Waals surface area contributed by atoms with Crippen LogP contribution in [0.4, 0.5) is 11.8 Å². The molecule has 0 aliphatic heterocycles. The predicted molar refractivity (Wildman–Crippen MR) is 69.1 cm³/mol. The van der Waals surface area contributed by atoms with Gasteiger partial charge in [-0.1, -0.05) is 11.6 Å². The molecule has 2 saturated carbocycles. The molecule has 17 heavy (non-hydrogen) atoms. The lowest BCUT2D eigenvalue weighted by Gasteiger charge is -2.23. The minimum Gasteiger partial charge on any atom is -0.368 e. The van der Waals surface area contributed by atoms with Gasteiger partial charge in [0, 0.05) is 19.2 Å². The highest BCUT2D eigenvalue weighted by Crippen LogP contribution is 2.35. The summed E-state index contributed by atoms with van der Waals surface area (Å²) in [5, 5.41) is 0.434. The SMILES string of the molecule is Nc1nc(Cl)cc(N(CC2CC2)CC2CC2)n1. The average Bonchev–Trinajstić information content (AvgIpc) is 3.09. The van der Waals surface area contributed by atoms with E-state index in [0.717, 1.165) is 30.7 Å². The molecule has 1 aromatic rings. The molecule has 2 fully saturated rings. The molecule has 0 radical (unpaired) electrons. The van der Waals surface area contributed by atoms with E-state index in [1.54, 1.807) is 0 Å². The lowest BCUT2D eigenvalue weighted by molar-refractivity contribution is 0.671. The van der Waals surface area contributed by atoms with Gasteiger partial charge in [-0.15, -0.1) is 0 Å². The number of nitrogens with zero attached hydrogens (tertiary/aromatic N) is 3. The van der Waals surface area contributed by atoms with E-state index in [0.29, 0.717) is 5.15 Å². The van der Waals surface area contributed by atoms with Crippen molar-refractivity contribution >= 4 is 23.4 Å². The summed E-state index contributed by atoms with van der Waals surface area (Å²) in [6, 6.07) is 1.82. The van der Waals surface area contributed by atoms with Gasteiger partial charge in [-0.2, -0.15) is 4.98 Å². The summed E-state index contributed by atoms with van der Waals surface area (Å²) in [6.07, 6.45) is 5.37. The molecule has 2 aliphatic rings. The van der Waals surface area contributed by atoms with E-state index in [9.17, 15) is 0 Å². The second-order valence-electron chi connectivity index (χ2n) is 5.20. The summed E-state index contributed by atoms with van der Waals surface area (Å²) < 4.78 is 0. The maximum absolute atomic E-state index is 5.94. The van der Waals surface area contributed by atoms with Crippen LogP contribution in [0.2, 0.25) is 5.15 Å². The van der Waals surface area contributed by atoms with Crippen LogP contribution in [0.15, 0.2) is 6.07 Å². The zero-order valence-electron chi connectivity index (χ0n) is 9.77. The lowest BCUT2D eigenvalue weighted by Crippen LogP contribution is -2.29. The van der Waals surface area contributed by atoms with Crippen molar-refractivity contribution in [1.82, 2.24) is 9.97 Å². The zero-order valence-corrected chi connectivity index (χ0v) is 10.5. The van der Waals surface area contributed by atoms with Gasteiger partial charge in [0.2, 0.25) is 5.95 Å². The van der Waals surface area contributed by atoms with E-state index < -0.39 is 0 Å². The summed E-state index contributed by atoms with van der Waals surface area (Å²) in [4.78, 5) is 10.5. The Hall–Kier alpha value is -1.03. The van der Waals surface area contributed by atoms with Gasteiger partial charge in [0.1, 0.15) is 11.0 Å². The number of hydrogen-bond donors (Lipinski definition) is 1. The molecule has 0 bridgehead atoms. The third-order valence-corrected chi connectivity index (χ3v) is 3.57. The Balaban J connectivity index is 1.78. The van der Waals surface area contributed by atoms with Crippen molar-refractivity contribution in [2.45, 2.75) is 25.7 Å². The molecule has 5 heteroatoms. The van der Waals surface area contributed by atoms with Crippen LogP contribution >= 0.6 is 11.6 Å². The quantitative estimate of drug-likeness (QED) is 0.818. The summed E-state index contributed by atoms with van der Waals surface area (Å²) in [7, 11) is 0. The Bertz CT molecular complexity index is 381. The second kappa shape index (κ2) is 4.33. The number of rotatable bonds is 5. The van der Waals surface area contributed by atoms with Crippen molar-refractivity contribution in [3.05, 3.63) is 11.2 Å².